The van der Waals surface area contributed by atoms with Gasteiger partial charge in [0.2, 0.25) is 0 Å². The molecule has 0 saturated carbocycles. The van der Waals surface area contributed by atoms with Crippen LogP contribution in [0.1, 0.15) is 30.4 Å². The topological polar surface area (TPSA) is 18.5 Å². The minimum Gasteiger partial charge on any atom is -0.494 e. The van der Waals surface area contributed by atoms with Gasteiger partial charge in [-0.1, -0.05) is 72.9 Å². The fraction of sp³-hybridized carbons (Fsp3) is 0.310. The summed E-state index contributed by atoms with van der Waals surface area (Å²) in [5.41, 5.74) is 2.71. The minimum atomic E-state index is 0.540. The smallest absolute Gasteiger partial charge is 0.119 e. The van der Waals surface area contributed by atoms with Crippen molar-refractivity contribution in [3.8, 4) is 11.5 Å². The highest BCUT2D eigenvalue weighted by atomic mass is 16.5. The molecule has 0 saturated heterocycles. The number of hydrogen-bond donors (Lipinski definition) is 0. The van der Waals surface area contributed by atoms with Crippen molar-refractivity contribution in [1.82, 2.24) is 0 Å². The van der Waals surface area contributed by atoms with Gasteiger partial charge in [-0.2, -0.15) is 0 Å². The van der Waals surface area contributed by atoms with Crippen molar-refractivity contribution in [3.05, 3.63) is 108 Å². The lowest BCUT2D eigenvalue weighted by Gasteiger charge is -2.10. The Morgan fingerprint density at radius 2 is 0.871 bits per heavy atom. The van der Waals surface area contributed by atoms with Gasteiger partial charge in [0, 0.05) is 0 Å². The summed E-state index contributed by atoms with van der Waals surface area (Å²) < 4.78 is 11.8. The van der Waals surface area contributed by atoms with Gasteiger partial charge in [-0.05, 0) is 79.3 Å². The highest BCUT2D eigenvalue weighted by Crippen LogP contribution is 2.20. The summed E-state index contributed by atoms with van der Waals surface area (Å²) in [6, 6.07) is 17.1. The molecular formula is C29H32O2. The third-order valence-electron chi connectivity index (χ3n) is 5.77. The van der Waals surface area contributed by atoms with Crippen LogP contribution in [0.4, 0.5) is 0 Å². The van der Waals surface area contributed by atoms with E-state index >= 15 is 0 Å². The first-order chi connectivity index (χ1) is 15.3. The lowest BCUT2D eigenvalue weighted by atomic mass is 10.0. The van der Waals surface area contributed by atoms with Gasteiger partial charge in [0.25, 0.3) is 0 Å². The fourth-order valence-electron chi connectivity index (χ4n) is 3.98. The maximum Gasteiger partial charge on any atom is 0.119 e. The number of hydrogen-bond acceptors (Lipinski definition) is 2. The molecule has 0 aliphatic heterocycles. The maximum atomic E-state index is 5.89. The lowest BCUT2D eigenvalue weighted by Crippen LogP contribution is -2.01. The van der Waals surface area contributed by atoms with Crippen LogP contribution in [-0.4, -0.2) is 13.2 Å². The summed E-state index contributed by atoms with van der Waals surface area (Å²) in [4.78, 5) is 0. The second-order valence-electron chi connectivity index (χ2n) is 8.32. The molecule has 0 amide bonds. The monoisotopic (exact) mass is 412 g/mol. The van der Waals surface area contributed by atoms with Crippen molar-refractivity contribution in [2.75, 3.05) is 13.2 Å². The quantitative estimate of drug-likeness (QED) is 0.354. The molecule has 4 rings (SSSR count). The van der Waals surface area contributed by atoms with Crippen molar-refractivity contribution in [2.45, 2.75) is 32.1 Å². The first-order valence-corrected chi connectivity index (χ1v) is 11.5. The molecular weight excluding hydrogens is 380 g/mol. The summed E-state index contributed by atoms with van der Waals surface area (Å²) in [6.07, 6.45) is 22.8. The van der Waals surface area contributed by atoms with Crippen molar-refractivity contribution >= 4 is 0 Å². The maximum absolute atomic E-state index is 5.89. The molecule has 2 nitrogen and oxygen atoms in total. The van der Waals surface area contributed by atoms with Crippen molar-refractivity contribution < 1.29 is 9.47 Å². The molecule has 2 aliphatic rings. The molecule has 2 aromatic carbocycles. The highest BCUT2D eigenvalue weighted by molar-refractivity contribution is 5.31. The van der Waals surface area contributed by atoms with Crippen molar-refractivity contribution in [2.24, 2.45) is 11.8 Å². The number of benzene rings is 2. The zero-order chi connectivity index (χ0) is 21.1. The van der Waals surface area contributed by atoms with Gasteiger partial charge < -0.3 is 9.47 Å². The van der Waals surface area contributed by atoms with Crippen LogP contribution >= 0.6 is 0 Å². The van der Waals surface area contributed by atoms with E-state index in [0.29, 0.717) is 11.8 Å². The minimum absolute atomic E-state index is 0.540. The van der Waals surface area contributed by atoms with E-state index in [1.54, 1.807) is 0 Å². The van der Waals surface area contributed by atoms with Gasteiger partial charge in [-0.3, -0.25) is 0 Å². The van der Waals surface area contributed by atoms with E-state index in [1.165, 1.54) is 11.1 Å². The molecule has 0 bridgehead atoms. The van der Waals surface area contributed by atoms with E-state index in [2.05, 4.69) is 97.1 Å². The van der Waals surface area contributed by atoms with Gasteiger partial charge in [-0.15, -0.1) is 0 Å². The number of unbranched alkanes of at least 4 members (excludes halogenated alkanes) is 2. The fourth-order valence-corrected chi connectivity index (χ4v) is 3.98. The number of rotatable bonds is 12. The summed E-state index contributed by atoms with van der Waals surface area (Å²) >= 11 is 0. The molecule has 2 heteroatoms. The van der Waals surface area contributed by atoms with Crippen molar-refractivity contribution in [3.63, 3.8) is 0 Å². The molecule has 2 aromatic rings. The van der Waals surface area contributed by atoms with Gasteiger partial charge in [0.1, 0.15) is 11.5 Å². The summed E-state index contributed by atoms with van der Waals surface area (Å²) in [5.74, 6) is 3.00. The van der Waals surface area contributed by atoms with E-state index in [9.17, 15) is 0 Å². The van der Waals surface area contributed by atoms with E-state index < -0.39 is 0 Å². The summed E-state index contributed by atoms with van der Waals surface area (Å²) in [5, 5.41) is 0. The second kappa shape index (κ2) is 11.4. The Bertz CT molecular complexity index is 815. The molecule has 0 radical (unpaired) electrons. The Hall–Kier alpha value is -3.00. The van der Waals surface area contributed by atoms with Crippen LogP contribution in [0.5, 0.6) is 11.5 Å². The molecule has 0 heterocycles. The molecule has 0 N–H and O–H groups in total. The third kappa shape index (κ3) is 7.03. The van der Waals surface area contributed by atoms with Gasteiger partial charge in [0.05, 0.1) is 13.2 Å². The van der Waals surface area contributed by atoms with E-state index in [-0.39, 0.29) is 0 Å². The predicted octanol–water partition coefficient (Wildman–Crippen LogP) is 6.88. The molecule has 0 atom stereocenters. The summed E-state index contributed by atoms with van der Waals surface area (Å²) in [6.45, 7) is 1.51. The molecule has 0 aromatic heterocycles. The van der Waals surface area contributed by atoms with Crippen LogP contribution in [-0.2, 0) is 12.8 Å². The molecule has 0 spiro atoms. The molecule has 0 fully saturated rings. The Morgan fingerprint density at radius 3 is 1.26 bits per heavy atom. The third-order valence-corrected chi connectivity index (χ3v) is 5.77. The number of ether oxygens (including phenoxy) is 2. The standard InChI is InChI=1S/C29H32O2/c1(6-20-30-28-16-12-26(13-17-28)22-24-8-2-3-9-24)7-21-31-29-18-14-27(15-19-29)23-25-10-4-5-11-25/h2-5,8-19,24-25H,1,6-7,20-23H2. The Morgan fingerprint density at radius 1 is 0.484 bits per heavy atom. The average molecular weight is 413 g/mol. The first kappa shape index (κ1) is 21.2. The van der Waals surface area contributed by atoms with E-state index in [1.807, 2.05) is 0 Å². The van der Waals surface area contributed by atoms with E-state index in [4.69, 9.17) is 9.47 Å². The Balaban J connectivity index is 1.05. The SMILES string of the molecule is C1=CC(Cc2ccc(OCCCCCOc3ccc(CC4C=CC=C4)cc3)cc2)C=C1. The molecule has 160 valence electrons. The average Bonchev–Trinajstić information content (AvgIpc) is 3.50. The largest absolute Gasteiger partial charge is 0.494 e. The zero-order valence-corrected chi connectivity index (χ0v) is 18.2. The molecule has 0 unspecified atom stereocenters. The van der Waals surface area contributed by atoms with Crippen molar-refractivity contribution in [1.29, 1.82) is 0 Å². The van der Waals surface area contributed by atoms with Crippen LogP contribution in [0.3, 0.4) is 0 Å². The van der Waals surface area contributed by atoms with Gasteiger partial charge >= 0.3 is 0 Å². The molecule has 2 aliphatic carbocycles. The second-order valence-corrected chi connectivity index (χ2v) is 8.32. The Labute approximate surface area is 186 Å². The van der Waals surface area contributed by atoms with Crippen LogP contribution in [0.2, 0.25) is 0 Å². The van der Waals surface area contributed by atoms with Crippen LogP contribution in [0.15, 0.2) is 97.1 Å². The van der Waals surface area contributed by atoms with Crippen LogP contribution in [0, 0.1) is 11.8 Å². The summed E-state index contributed by atoms with van der Waals surface area (Å²) in [7, 11) is 0. The van der Waals surface area contributed by atoms with Gasteiger partial charge in [-0.25, -0.2) is 0 Å². The normalized spacial score (nSPS) is 15.2. The highest BCUT2D eigenvalue weighted by Gasteiger charge is 2.06. The Kier molecular flexibility index (Phi) is 7.82. The van der Waals surface area contributed by atoms with Crippen LogP contribution < -0.4 is 9.47 Å². The zero-order valence-electron chi connectivity index (χ0n) is 18.2. The lowest BCUT2D eigenvalue weighted by molar-refractivity contribution is 0.279. The van der Waals surface area contributed by atoms with E-state index in [0.717, 1.165) is 56.8 Å². The van der Waals surface area contributed by atoms with Crippen LogP contribution in [0.25, 0.3) is 0 Å². The predicted molar refractivity (Wildman–Crippen MR) is 129 cm³/mol. The number of allylic oxidation sites excluding steroid dienone is 8. The van der Waals surface area contributed by atoms with Gasteiger partial charge in [0.15, 0.2) is 0 Å². The first-order valence-electron chi connectivity index (χ1n) is 11.5. The molecule has 31 heavy (non-hydrogen) atoms.